The lowest BCUT2D eigenvalue weighted by Gasteiger charge is -2.04. The number of thioether (sulfide) groups is 1. The molecule has 1 amide bonds. The molecule has 0 fully saturated rings. The van der Waals surface area contributed by atoms with Gasteiger partial charge in [0.1, 0.15) is 5.75 Å². The van der Waals surface area contributed by atoms with E-state index in [2.05, 4.69) is 10.3 Å². The fraction of sp³-hybridized carbons (Fsp3) is 0.273. The monoisotopic (exact) mass is 442 g/mol. The number of fused-ring (bicyclic) bond motifs is 1. The summed E-state index contributed by atoms with van der Waals surface area (Å²) in [6.07, 6.45) is 1.16. The quantitative estimate of drug-likeness (QED) is 0.501. The third-order valence-electron chi connectivity index (χ3n) is 4.60. The average molecular weight is 443 g/mol. The number of amides is 1. The third kappa shape index (κ3) is 5.06. The number of hydrogen-bond donors (Lipinski definition) is 1. The first-order valence-electron chi connectivity index (χ1n) is 9.52. The predicted molar refractivity (Wildman–Crippen MR) is 119 cm³/mol. The summed E-state index contributed by atoms with van der Waals surface area (Å²) in [6.45, 7) is 2.24. The van der Waals surface area contributed by atoms with E-state index in [-0.39, 0.29) is 12.7 Å². The minimum atomic E-state index is -0.0283. The SMILES string of the molecule is COc1ccc(SCCC(=O)Nc2nc(C)c(Cc3ccc4c(c3)OCO4)s2)cc1. The van der Waals surface area contributed by atoms with Crippen molar-refractivity contribution in [2.75, 3.05) is 25.0 Å². The first kappa shape index (κ1) is 20.6. The number of hydrogen-bond acceptors (Lipinski definition) is 7. The van der Waals surface area contributed by atoms with Gasteiger partial charge in [0.05, 0.1) is 12.8 Å². The number of nitrogens with zero attached hydrogens (tertiary/aromatic N) is 1. The molecular formula is C22H22N2O4S2. The summed E-state index contributed by atoms with van der Waals surface area (Å²) in [6, 6.07) is 13.8. The topological polar surface area (TPSA) is 69.7 Å². The van der Waals surface area contributed by atoms with Crippen LogP contribution >= 0.6 is 23.1 Å². The van der Waals surface area contributed by atoms with Crippen molar-refractivity contribution in [3.05, 3.63) is 58.6 Å². The van der Waals surface area contributed by atoms with Crippen LogP contribution in [0.3, 0.4) is 0 Å². The largest absolute Gasteiger partial charge is 0.497 e. The van der Waals surface area contributed by atoms with E-state index in [1.165, 1.54) is 11.3 Å². The molecule has 0 bridgehead atoms. The second-order valence-electron chi connectivity index (χ2n) is 6.71. The molecule has 30 heavy (non-hydrogen) atoms. The molecule has 0 saturated heterocycles. The molecule has 2 heterocycles. The Kier molecular flexibility index (Phi) is 6.44. The van der Waals surface area contributed by atoms with Gasteiger partial charge in [-0.2, -0.15) is 0 Å². The fourth-order valence-corrected chi connectivity index (χ4v) is 4.86. The highest BCUT2D eigenvalue weighted by atomic mass is 32.2. The Hall–Kier alpha value is -2.71. The zero-order chi connectivity index (χ0) is 20.9. The van der Waals surface area contributed by atoms with Gasteiger partial charge < -0.3 is 19.5 Å². The number of thiazole rings is 1. The van der Waals surface area contributed by atoms with E-state index in [9.17, 15) is 4.79 Å². The summed E-state index contributed by atoms with van der Waals surface area (Å²) in [7, 11) is 1.65. The second-order valence-corrected chi connectivity index (χ2v) is 8.97. The highest BCUT2D eigenvalue weighted by Gasteiger charge is 2.15. The highest BCUT2D eigenvalue weighted by Crippen LogP contribution is 2.34. The van der Waals surface area contributed by atoms with Crippen molar-refractivity contribution < 1.29 is 19.0 Å². The lowest BCUT2D eigenvalue weighted by molar-refractivity contribution is -0.115. The van der Waals surface area contributed by atoms with Crippen LogP contribution in [-0.2, 0) is 11.2 Å². The number of aromatic nitrogens is 1. The van der Waals surface area contributed by atoms with Gasteiger partial charge >= 0.3 is 0 Å². The van der Waals surface area contributed by atoms with E-state index in [0.717, 1.165) is 44.7 Å². The second kappa shape index (κ2) is 9.40. The van der Waals surface area contributed by atoms with E-state index < -0.39 is 0 Å². The minimum Gasteiger partial charge on any atom is -0.497 e. The van der Waals surface area contributed by atoms with Gasteiger partial charge in [0.25, 0.3) is 0 Å². The predicted octanol–water partition coefficient (Wildman–Crippen LogP) is 4.90. The standard InChI is InChI=1S/C22H22N2O4S2/c1-14-20(12-15-3-8-18-19(11-15)28-13-27-18)30-22(23-14)24-21(25)9-10-29-17-6-4-16(26-2)5-7-17/h3-8,11H,9-10,12-13H2,1-2H3,(H,23,24,25). The van der Waals surface area contributed by atoms with E-state index in [1.807, 2.05) is 49.4 Å². The molecule has 6 nitrogen and oxygen atoms in total. The van der Waals surface area contributed by atoms with Crippen molar-refractivity contribution in [2.24, 2.45) is 0 Å². The number of ether oxygens (including phenoxy) is 3. The number of anilines is 1. The van der Waals surface area contributed by atoms with E-state index in [0.29, 0.717) is 17.3 Å². The highest BCUT2D eigenvalue weighted by molar-refractivity contribution is 7.99. The normalized spacial score (nSPS) is 12.1. The van der Waals surface area contributed by atoms with E-state index in [1.54, 1.807) is 18.9 Å². The molecule has 156 valence electrons. The number of methoxy groups -OCH3 is 1. The molecule has 0 aliphatic carbocycles. The molecule has 1 aliphatic heterocycles. The molecule has 0 unspecified atom stereocenters. The van der Waals surface area contributed by atoms with Gasteiger partial charge in [-0.1, -0.05) is 6.07 Å². The summed E-state index contributed by atoms with van der Waals surface area (Å²) in [5, 5.41) is 3.57. The van der Waals surface area contributed by atoms with Crippen molar-refractivity contribution in [3.63, 3.8) is 0 Å². The number of nitrogens with one attached hydrogen (secondary N) is 1. The number of aryl methyl sites for hydroxylation is 1. The minimum absolute atomic E-state index is 0.0283. The van der Waals surface area contributed by atoms with Crippen LogP contribution in [0.1, 0.15) is 22.6 Å². The molecule has 0 atom stereocenters. The Morgan fingerprint density at radius 1 is 1.20 bits per heavy atom. The zero-order valence-corrected chi connectivity index (χ0v) is 18.4. The van der Waals surface area contributed by atoms with Crippen LogP contribution in [0.2, 0.25) is 0 Å². The van der Waals surface area contributed by atoms with E-state index >= 15 is 0 Å². The van der Waals surface area contributed by atoms with Crippen LogP contribution in [0.15, 0.2) is 47.4 Å². The maximum absolute atomic E-state index is 12.3. The number of rotatable bonds is 8. The Labute approximate surface area is 183 Å². The summed E-state index contributed by atoms with van der Waals surface area (Å²) in [4.78, 5) is 19.0. The summed E-state index contributed by atoms with van der Waals surface area (Å²) in [5.74, 6) is 3.05. The van der Waals surface area contributed by atoms with Crippen molar-refractivity contribution in [1.82, 2.24) is 4.98 Å². The van der Waals surface area contributed by atoms with Crippen molar-refractivity contribution in [2.45, 2.75) is 24.7 Å². The van der Waals surface area contributed by atoms with Gasteiger partial charge in [0.15, 0.2) is 16.6 Å². The number of carbonyl (C=O) groups is 1. The maximum atomic E-state index is 12.3. The molecule has 0 saturated carbocycles. The molecule has 1 N–H and O–H groups in total. The molecule has 0 spiro atoms. The summed E-state index contributed by atoms with van der Waals surface area (Å²) >= 11 is 3.16. The molecule has 1 aromatic heterocycles. The third-order valence-corrected chi connectivity index (χ3v) is 6.68. The summed E-state index contributed by atoms with van der Waals surface area (Å²) < 4.78 is 16.0. The Balaban J connectivity index is 1.28. The number of benzene rings is 2. The molecule has 3 aromatic rings. The van der Waals surface area contributed by atoms with Crippen molar-refractivity contribution in [1.29, 1.82) is 0 Å². The first-order valence-corrected chi connectivity index (χ1v) is 11.3. The average Bonchev–Trinajstić information content (AvgIpc) is 3.34. The Morgan fingerprint density at radius 2 is 2.00 bits per heavy atom. The van der Waals surface area contributed by atoms with Gasteiger partial charge in [0, 0.05) is 28.4 Å². The Bertz CT molecular complexity index is 1030. The lowest BCUT2D eigenvalue weighted by Crippen LogP contribution is -2.11. The lowest BCUT2D eigenvalue weighted by atomic mass is 10.1. The molecule has 4 rings (SSSR count). The van der Waals surface area contributed by atoms with Crippen LogP contribution < -0.4 is 19.5 Å². The molecule has 1 aliphatic rings. The van der Waals surface area contributed by atoms with Crippen LogP contribution in [0.5, 0.6) is 17.2 Å². The molecule has 2 aromatic carbocycles. The first-order chi connectivity index (χ1) is 14.6. The van der Waals surface area contributed by atoms with Crippen LogP contribution in [0.4, 0.5) is 5.13 Å². The van der Waals surface area contributed by atoms with Gasteiger partial charge in [-0.15, -0.1) is 23.1 Å². The zero-order valence-electron chi connectivity index (χ0n) is 16.8. The van der Waals surface area contributed by atoms with Crippen molar-refractivity contribution in [3.8, 4) is 17.2 Å². The molecule has 8 heteroatoms. The fourth-order valence-electron chi connectivity index (χ4n) is 3.00. The van der Waals surface area contributed by atoms with Crippen LogP contribution in [-0.4, -0.2) is 30.5 Å². The van der Waals surface area contributed by atoms with Gasteiger partial charge in [-0.25, -0.2) is 4.98 Å². The molecular weight excluding hydrogens is 420 g/mol. The van der Waals surface area contributed by atoms with Crippen LogP contribution in [0.25, 0.3) is 0 Å². The van der Waals surface area contributed by atoms with Gasteiger partial charge in [-0.05, 0) is 48.9 Å². The smallest absolute Gasteiger partial charge is 0.231 e. The Morgan fingerprint density at radius 3 is 2.80 bits per heavy atom. The number of carbonyl (C=O) groups excluding carboxylic acids is 1. The van der Waals surface area contributed by atoms with Gasteiger partial charge in [-0.3, -0.25) is 4.79 Å². The van der Waals surface area contributed by atoms with Gasteiger partial charge in [0.2, 0.25) is 12.7 Å². The van der Waals surface area contributed by atoms with Crippen molar-refractivity contribution >= 4 is 34.1 Å². The summed E-state index contributed by atoms with van der Waals surface area (Å²) in [5.41, 5.74) is 2.06. The van der Waals surface area contributed by atoms with Crippen LogP contribution in [0, 0.1) is 6.92 Å². The van der Waals surface area contributed by atoms with E-state index in [4.69, 9.17) is 14.2 Å². The maximum Gasteiger partial charge on any atom is 0.231 e. The molecule has 0 radical (unpaired) electrons.